The molecule has 2 amide bonds. The first-order valence-corrected chi connectivity index (χ1v) is 8.91. The molecule has 1 heterocycles. The van der Waals surface area contributed by atoms with E-state index in [2.05, 4.69) is 15.8 Å². The van der Waals surface area contributed by atoms with Gasteiger partial charge in [0.25, 0.3) is 0 Å². The van der Waals surface area contributed by atoms with E-state index >= 15 is 0 Å². The van der Waals surface area contributed by atoms with Crippen molar-refractivity contribution in [1.82, 2.24) is 5.16 Å². The molecule has 4 aromatic rings. The number of nitrogen functional groups attached to an aromatic ring is 1. The van der Waals surface area contributed by atoms with Crippen LogP contribution in [0.2, 0.25) is 0 Å². The van der Waals surface area contributed by atoms with Crippen LogP contribution >= 0.6 is 0 Å². The fourth-order valence-corrected chi connectivity index (χ4v) is 3.08. The minimum atomic E-state index is -4.51. The number of carbonyl (C=O) groups is 1. The summed E-state index contributed by atoms with van der Waals surface area (Å²) in [5.74, 6) is -0.542. The van der Waals surface area contributed by atoms with Gasteiger partial charge in [0.15, 0.2) is 11.6 Å². The lowest BCUT2D eigenvalue weighted by molar-refractivity contribution is -0.137. The summed E-state index contributed by atoms with van der Waals surface area (Å²) in [5.41, 5.74) is 6.51. The van der Waals surface area contributed by atoms with Gasteiger partial charge in [-0.15, -0.1) is 0 Å². The molecule has 0 aliphatic rings. The molecule has 3 aromatic carbocycles. The molecule has 0 aliphatic heterocycles. The second-order valence-corrected chi connectivity index (χ2v) is 6.60. The van der Waals surface area contributed by atoms with Crippen molar-refractivity contribution in [3.05, 3.63) is 72.0 Å². The number of aromatic nitrogens is 1. The average Bonchev–Trinajstić information content (AvgIpc) is 3.11. The zero-order valence-electron chi connectivity index (χ0n) is 15.6. The molecule has 10 heteroatoms. The molecule has 4 rings (SSSR count). The van der Waals surface area contributed by atoms with E-state index in [0.717, 1.165) is 12.1 Å². The predicted octanol–water partition coefficient (Wildman–Crippen LogP) is 5.88. The molecule has 0 bridgehead atoms. The van der Waals surface area contributed by atoms with Crippen LogP contribution in [0, 0.1) is 5.82 Å². The second kappa shape index (κ2) is 7.63. The molecule has 6 nitrogen and oxygen atoms in total. The Morgan fingerprint density at radius 1 is 0.968 bits per heavy atom. The normalized spacial score (nSPS) is 11.5. The molecule has 0 atom stereocenters. The second-order valence-electron chi connectivity index (χ2n) is 6.60. The van der Waals surface area contributed by atoms with Crippen LogP contribution in [0.3, 0.4) is 0 Å². The SMILES string of the molecule is Nc1noc2c(F)ccc(-c3ccc(NC(=O)Nc4cccc(C(F)(F)F)c4)cc3)c12. The largest absolute Gasteiger partial charge is 0.416 e. The van der Waals surface area contributed by atoms with E-state index < -0.39 is 23.6 Å². The van der Waals surface area contributed by atoms with Crippen molar-refractivity contribution in [2.75, 3.05) is 16.4 Å². The Bertz CT molecular complexity index is 1270. The summed E-state index contributed by atoms with van der Waals surface area (Å²) in [6, 6.07) is 12.9. The molecule has 0 fully saturated rings. The number of urea groups is 1. The Balaban J connectivity index is 1.50. The number of hydrogen-bond acceptors (Lipinski definition) is 4. The standard InChI is InChI=1S/C21H14F4N4O2/c22-16-9-8-15(17-18(16)31-29-19(17)26)11-4-6-13(7-5-11)27-20(30)28-14-3-1-2-12(10-14)21(23,24)25/h1-10H,(H2,26,29)(H2,27,28,30). The zero-order chi connectivity index (χ0) is 22.2. The minimum Gasteiger partial charge on any atom is -0.380 e. The number of anilines is 3. The van der Waals surface area contributed by atoms with Gasteiger partial charge >= 0.3 is 12.2 Å². The van der Waals surface area contributed by atoms with Crippen LogP contribution in [0.4, 0.5) is 39.5 Å². The lowest BCUT2D eigenvalue weighted by Crippen LogP contribution is -2.19. The van der Waals surface area contributed by atoms with Crippen molar-refractivity contribution in [3.8, 4) is 11.1 Å². The Labute approximate surface area is 172 Å². The summed E-state index contributed by atoms with van der Waals surface area (Å²) < 4.78 is 57.1. The van der Waals surface area contributed by atoms with Gasteiger partial charge < -0.3 is 20.9 Å². The molecule has 4 N–H and O–H groups in total. The van der Waals surface area contributed by atoms with Gasteiger partial charge in [0.1, 0.15) is 0 Å². The van der Waals surface area contributed by atoms with Crippen LogP contribution in [-0.4, -0.2) is 11.2 Å². The third kappa shape index (κ3) is 4.13. The van der Waals surface area contributed by atoms with Crippen LogP contribution in [0.25, 0.3) is 22.1 Å². The molecule has 0 unspecified atom stereocenters. The number of carbonyl (C=O) groups excluding carboxylic acids is 1. The van der Waals surface area contributed by atoms with Gasteiger partial charge in [0.2, 0.25) is 5.58 Å². The average molecular weight is 430 g/mol. The minimum absolute atomic E-state index is 0.000539. The number of fused-ring (bicyclic) bond motifs is 1. The van der Waals surface area contributed by atoms with E-state index in [1.54, 1.807) is 24.3 Å². The molecular weight excluding hydrogens is 416 g/mol. The molecule has 0 aliphatic carbocycles. The molecular formula is C21H14F4N4O2. The quantitative estimate of drug-likeness (QED) is 0.354. The van der Waals surface area contributed by atoms with Crippen LogP contribution in [0.15, 0.2) is 65.2 Å². The molecule has 158 valence electrons. The fraction of sp³-hybridized carbons (Fsp3) is 0.0476. The summed E-state index contributed by atoms with van der Waals surface area (Å²) in [7, 11) is 0. The number of alkyl halides is 3. The highest BCUT2D eigenvalue weighted by Crippen LogP contribution is 2.34. The van der Waals surface area contributed by atoms with Crippen LogP contribution in [-0.2, 0) is 6.18 Å². The first-order chi connectivity index (χ1) is 14.7. The van der Waals surface area contributed by atoms with Crippen molar-refractivity contribution in [2.24, 2.45) is 0 Å². The van der Waals surface area contributed by atoms with E-state index in [0.29, 0.717) is 22.2 Å². The number of nitrogens with zero attached hydrogens (tertiary/aromatic N) is 1. The Morgan fingerprint density at radius 3 is 2.39 bits per heavy atom. The summed E-state index contributed by atoms with van der Waals surface area (Å²) >= 11 is 0. The van der Waals surface area contributed by atoms with E-state index in [-0.39, 0.29) is 17.1 Å². The molecule has 0 spiro atoms. The highest BCUT2D eigenvalue weighted by atomic mass is 19.4. The van der Waals surface area contributed by atoms with Gasteiger partial charge in [-0.2, -0.15) is 13.2 Å². The highest BCUT2D eigenvalue weighted by molar-refractivity contribution is 6.02. The van der Waals surface area contributed by atoms with Gasteiger partial charge in [-0.25, -0.2) is 9.18 Å². The van der Waals surface area contributed by atoms with E-state index in [1.807, 2.05) is 0 Å². The van der Waals surface area contributed by atoms with E-state index in [1.165, 1.54) is 24.3 Å². The molecule has 1 aromatic heterocycles. The Kier molecular flexibility index (Phi) is 4.97. The Hall–Kier alpha value is -4.08. The van der Waals surface area contributed by atoms with Crippen molar-refractivity contribution in [3.63, 3.8) is 0 Å². The Morgan fingerprint density at radius 2 is 1.68 bits per heavy atom. The van der Waals surface area contributed by atoms with Crippen LogP contribution in [0.1, 0.15) is 5.56 Å². The first-order valence-electron chi connectivity index (χ1n) is 8.91. The maximum Gasteiger partial charge on any atom is 0.416 e. The monoisotopic (exact) mass is 430 g/mol. The number of amides is 2. The fourth-order valence-electron chi connectivity index (χ4n) is 3.08. The van der Waals surface area contributed by atoms with Crippen molar-refractivity contribution in [2.45, 2.75) is 6.18 Å². The topological polar surface area (TPSA) is 93.2 Å². The van der Waals surface area contributed by atoms with Crippen molar-refractivity contribution in [1.29, 1.82) is 0 Å². The van der Waals surface area contributed by atoms with Gasteiger partial charge in [-0.05, 0) is 47.5 Å². The summed E-state index contributed by atoms with van der Waals surface area (Å²) in [4.78, 5) is 12.1. The molecule has 0 saturated carbocycles. The van der Waals surface area contributed by atoms with Gasteiger partial charge in [-0.3, -0.25) is 0 Å². The molecule has 0 saturated heterocycles. The number of benzene rings is 3. The first kappa shape index (κ1) is 20.2. The van der Waals surface area contributed by atoms with Gasteiger partial charge in [0.05, 0.1) is 10.9 Å². The number of rotatable bonds is 3. The lowest BCUT2D eigenvalue weighted by Gasteiger charge is -2.11. The van der Waals surface area contributed by atoms with Gasteiger partial charge in [0, 0.05) is 11.4 Å². The third-order valence-corrected chi connectivity index (χ3v) is 4.50. The number of hydrogen-bond donors (Lipinski definition) is 3. The summed E-state index contributed by atoms with van der Waals surface area (Å²) in [6.07, 6.45) is -4.51. The number of nitrogens with one attached hydrogen (secondary N) is 2. The van der Waals surface area contributed by atoms with Crippen molar-refractivity contribution >= 4 is 34.2 Å². The van der Waals surface area contributed by atoms with E-state index in [4.69, 9.17) is 10.3 Å². The lowest BCUT2D eigenvalue weighted by atomic mass is 10.0. The smallest absolute Gasteiger partial charge is 0.380 e. The molecule has 0 radical (unpaired) electrons. The summed E-state index contributed by atoms with van der Waals surface area (Å²) in [5, 5.41) is 8.81. The van der Waals surface area contributed by atoms with E-state index in [9.17, 15) is 22.4 Å². The number of halogens is 4. The van der Waals surface area contributed by atoms with Gasteiger partial charge in [-0.1, -0.05) is 29.4 Å². The van der Waals surface area contributed by atoms with Crippen LogP contribution < -0.4 is 16.4 Å². The maximum absolute atomic E-state index is 13.9. The third-order valence-electron chi connectivity index (χ3n) is 4.50. The predicted molar refractivity (Wildman–Crippen MR) is 108 cm³/mol. The van der Waals surface area contributed by atoms with Crippen LogP contribution in [0.5, 0.6) is 0 Å². The van der Waals surface area contributed by atoms with Crippen molar-refractivity contribution < 1.29 is 26.9 Å². The zero-order valence-corrected chi connectivity index (χ0v) is 15.6. The molecule has 31 heavy (non-hydrogen) atoms. The highest BCUT2D eigenvalue weighted by Gasteiger charge is 2.30. The maximum atomic E-state index is 13.9. The number of nitrogens with two attached hydrogens (primary N) is 1. The summed E-state index contributed by atoms with van der Waals surface area (Å²) in [6.45, 7) is 0.